The van der Waals surface area contributed by atoms with Crippen molar-refractivity contribution in [3.05, 3.63) is 47.1 Å². The fourth-order valence-electron chi connectivity index (χ4n) is 1.61. The molecule has 0 aliphatic rings. The normalized spacial score (nSPS) is 10.7. The van der Waals surface area contributed by atoms with Crippen LogP contribution in [-0.4, -0.2) is 12.3 Å². The summed E-state index contributed by atoms with van der Waals surface area (Å²) >= 11 is 0. The van der Waals surface area contributed by atoms with Crippen LogP contribution in [0.2, 0.25) is 0 Å². The van der Waals surface area contributed by atoms with E-state index in [2.05, 4.69) is 5.16 Å². The van der Waals surface area contributed by atoms with Crippen molar-refractivity contribution in [2.45, 2.75) is 19.8 Å². The standard InChI is InChI=1S/C13H15FN2O3/c1-17-8-13-5-11(16-19-13)7-18-12-3-9(6-15)2-10(14)4-12/h2-5H,6-8,15H2,1H3. The Morgan fingerprint density at radius 3 is 2.84 bits per heavy atom. The highest BCUT2D eigenvalue weighted by Crippen LogP contribution is 2.17. The third-order valence-corrected chi connectivity index (χ3v) is 2.45. The van der Waals surface area contributed by atoms with Crippen LogP contribution >= 0.6 is 0 Å². The average molecular weight is 266 g/mol. The first-order valence-electron chi connectivity index (χ1n) is 5.77. The van der Waals surface area contributed by atoms with Crippen LogP contribution in [0.4, 0.5) is 4.39 Å². The Balaban J connectivity index is 1.99. The van der Waals surface area contributed by atoms with E-state index in [0.29, 0.717) is 29.4 Å². The Morgan fingerprint density at radius 1 is 1.26 bits per heavy atom. The van der Waals surface area contributed by atoms with Crippen molar-refractivity contribution in [2.24, 2.45) is 5.73 Å². The van der Waals surface area contributed by atoms with Crippen LogP contribution in [-0.2, 0) is 24.5 Å². The smallest absolute Gasteiger partial charge is 0.162 e. The lowest BCUT2D eigenvalue weighted by Gasteiger charge is -2.06. The summed E-state index contributed by atoms with van der Waals surface area (Å²) in [6, 6.07) is 6.10. The van der Waals surface area contributed by atoms with E-state index in [-0.39, 0.29) is 19.0 Å². The van der Waals surface area contributed by atoms with Gasteiger partial charge in [0.05, 0.1) is 0 Å². The maximum absolute atomic E-state index is 13.3. The van der Waals surface area contributed by atoms with Crippen molar-refractivity contribution in [1.82, 2.24) is 5.16 Å². The molecule has 0 atom stereocenters. The van der Waals surface area contributed by atoms with Gasteiger partial charge in [-0.15, -0.1) is 0 Å². The molecule has 2 N–H and O–H groups in total. The van der Waals surface area contributed by atoms with E-state index in [4.69, 9.17) is 19.7 Å². The van der Waals surface area contributed by atoms with Crippen molar-refractivity contribution < 1.29 is 18.4 Å². The molecule has 0 spiro atoms. The van der Waals surface area contributed by atoms with Crippen molar-refractivity contribution in [2.75, 3.05) is 7.11 Å². The van der Waals surface area contributed by atoms with Crippen LogP contribution in [0.15, 0.2) is 28.8 Å². The molecule has 1 heterocycles. The molecule has 2 rings (SSSR count). The lowest BCUT2D eigenvalue weighted by Crippen LogP contribution is -2.00. The van der Waals surface area contributed by atoms with Crippen LogP contribution < -0.4 is 10.5 Å². The van der Waals surface area contributed by atoms with Gasteiger partial charge in [-0.3, -0.25) is 0 Å². The SMILES string of the molecule is COCc1cc(COc2cc(F)cc(CN)c2)no1. The van der Waals surface area contributed by atoms with E-state index in [1.165, 1.54) is 12.1 Å². The zero-order valence-corrected chi connectivity index (χ0v) is 10.6. The summed E-state index contributed by atoms with van der Waals surface area (Å²) in [6.45, 7) is 0.807. The van der Waals surface area contributed by atoms with Gasteiger partial charge < -0.3 is 19.7 Å². The van der Waals surface area contributed by atoms with Gasteiger partial charge in [0.15, 0.2) is 5.76 Å². The van der Waals surface area contributed by atoms with Gasteiger partial charge in [0.1, 0.15) is 30.5 Å². The summed E-state index contributed by atoms with van der Waals surface area (Å²) in [5.41, 5.74) is 6.76. The van der Waals surface area contributed by atoms with Gasteiger partial charge in [0.2, 0.25) is 0 Å². The molecule has 6 heteroatoms. The Hall–Kier alpha value is -1.92. The first kappa shape index (κ1) is 13.5. The second-order valence-corrected chi connectivity index (χ2v) is 4.01. The number of hydrogen-bond acceptors (Lipinski definition) is 5. The number of halogens is 1. The summed E-state index contributed by atoms with van der Waals surface area (Å²) in [6.07, 6.45) is 0. The first-order chi connectivity index (χ1) is 9.21. The van der Waals surface area contributed by atoms with Crippen LogP contribution in [0.25, 0.3) is 0 Å². The number of hydrogen-bond donors (Lipinski definition) is 1. The highest BCUT2D eigenvalue weighted by Gasteiger charge is 2.06. The van der Waals surface area contributed by atoms with Gasteiger partial charge in [-0.1, -0.05) is 5.16 Å². The van der Waals surface area contributed by atoms with E-state index >= 15 is 0 Å². The minimum absolute atomic E-state index is 0.195. The monoisotopic (exact) mass is 266 g/mol. The Labute approximate surface area is 110 Å². The molecular formula is C13H15FN2O3. The molecule has 2 aromatic rings. The molecule has 0 amide bonds. The predicted octanol–water partition coefficient (Wildman–Crippen LogP) is 2.00. The van der Waals surface area contributed by atoms with Crippen molar-refractivity contribution in [3.8, 4) is 5.75 Å². The fraction of sp³-hybridized carbons (Fsp3) is 0.308. The number of nitrogens with zero attached hydrogens (tertiary/aromatic N) is 1. The minimum Gasteiger partial charge on any atom is -0.487 e. The number of benzene rings is 1. The highest BCUT2D eigenvalue weighted by atomic mass is 19.1. The quantitative estimate of drug-likeness (QED) is 0.865. The zero-order chi connectivity index (χ0) is 13.7. The molecule has 1 aromatic heterocycles. The van der Waals surface area contributed by atoms with Gasteiger partial charge in [-0.2, -0.15) is 0 Å². The summed E-state index contributed by atoms with van der Waals surface area (Å²) in [4.78, 5) is 0. The molecule has 0 fully saturated rings. The van der Waals surface area contributed by atoms with Crippen LogP contribution in [0.3, 0.4) is 0 Å². The molecule has 102 valence electrons. The Kier molecular flexibility index (Phi) is 4.48. The van der Waals surface area contributed by atoms with E-state index < -0.39 is 0 Å². The summed E-state index contributed by atoms with van der Waals surface area (Å²) < 4.78 is 28.6. The topological polar surface area (TPSA) is 70.5 Å². The third-order valence-electron chi connectivity index (χ3n) is 2.45. The third kappa shape index (κ3) is 3.77. The Bertz CT molecular complexity index is 542. The van der Waals surface area contributed by atoms with Crippen molar-refractivity contribution >= 4 is 0 Å². The molecule has 5 nitrogen and oxygen atoms in total. The number of nitrogens with two attached hydrogens (primary N) is 1. The number of aromatic nitrogens is 1. The van der Waals surface area contributed by atoms with Crippen LogP contribution in [0, 0.1) is 5.82 Å². The first-order valence-corrected chi connectivity index (χ1v) is 5.77. The molecule has 0 saturated heterocycles. The largest absolute Gasteiger partial charge is 0.487 e. The molecule has 0 aliphatic carbocycles. The van der Waals surface area contributed by atoms with E-state index in [1.807, 2.05) is 0 Å². The van der Waals surface area contributed by atoms with E-state index in [1.54, 1.807) is 19.2 Å². The van der Waals surface area contributed by atoms with Gasteiger partial charge >= 0.3 is 0 Å². The average Bonchev–Trinajstić information content (AvgIpc) is 2.84. The van der Waals surface area contributed by atoms with E-state index in [9.17, 15) is 4.39 Å². The Morgan fingerprint density at radius 2 is 2.11 bits per heavy atom. The maximum Gasteiger partial charge on any atom is 0.162 e. The highest BCUT2D eigenvalue weighted by molar-refractivity contribution is 5.29. The van der Waals surface area contributed by atoms with Gasteiger partial charge in [0, 0.05) is 25.8 Å². The lowest BCUT2D eigenvalue weighted by molar-refractivity contribution is 0.155. The summed E-state index contributed by atoms with van der Waals surface area (Å²) in [7, 11) is 1.57. The van der Waals surface area contributed by atoms with Crippen molar-refractivity contribution in [3.63, 3.8) is 0 Å². The lowest BCUT2D eigenvalue weighted by atomic mass is 10.2. The van der Waals surface area contributed by atoms with Gasteiger partial charge in [0.25, 0.3) is 0 Å². The molecule has 0 bridgehead atoms. The number of ether oxygens (including phenoxy) is 2. The van der Waals surface area contributed by atoms with Gasteiger partial charge in [-0.25, -0.2) is 4.39 Å². The second-order valence-electron chi connectivity index (χ2n) is 4.01. The molecular weight excluding hydrogens is 251 g/mol. The molecule has 0 aliphatic heterocycles. The molecule has 0 unspecified atom stereocenters. The molecule has 19 heavy (non-hydrogen) atoms. The van der Waals surface area contributed by atoms with Crippen LogP contribution in [0.1, 0.15) is 17.0 Å². The second kappa shape index (κ2) is 6.31. The predicted molar refractivity (Wildman–Crippen MR) is 65.8 cm³/mol. The maximum atomic E-state index is 13.3. The molecule has 0 radical (unpaired) electrons. The van der Waals surface area contributed by atoms with Gasteiger partial charge in [-0.05, 0) is 17.7 Å². The molecule has 0 saturated carbocycles. The summed E-state index contributed by atoms with van der Waals surface area (Å²) in [5.74, 6) is 0.651. The fourth-order valence-corrected chi connectivity index (χ4v) is 1.61. The van der Waals surface area contributed by atoms with Crippen molar-refractivity contribution in [1.29, 1.82) is 0 Å². The number of rotatable bonds is 6. The molecule has 1 aromatic carbocycles. The minimum atomic E-state index is -0.377. The number of methoxy groups -OCH3 is 1. The van der Waals surface area contributed by atoms with E-state index in [0.717, 1.165) is 0 Å². The zero-order valence-electron chi connectivity index (χ0n) is 10.6. The van der Waals surface area contributed by atoms with Crippen LogP contribution in [0.5, 0.6) is 5.75 Å². The summed E-state index contributed by atoms with van der Waals surface area (Å²) in [5, 5.41) is 3.82.